The number of hydrogen-bond acceptors (Lipinski definition) is 3. The lowest BCUT2D eigenvalue weighted by atomic mass is 10.2. The maximum absolute atomic E-state index is 11.7. The molecule has 1 aromatic rings. The van der Waals surface area contributed by atoms with Crippen LogP contribution in [0.15, 0.2) is 24.8 Å². The smallest absolute Gasteiger partial charge is 0.326 e. The van der Waals surface area contributed by atoms with E-state index in [0.29, 0.717) is 4.34 Å². The van der Waals surface area contributed by atoms with Gasteiger partial charge in [-0.05, 0) is 25.5 Å². The maximum Gasteiger partial charge on any atom is 0.326 e. The largest absolute Gasteiger partial charge is 0.480 e. The van der Waals surface area contributed by atoms with Crippen LogP contribution in [0, 0.1) is 0 Å². The molecule has 0 bridgehead atoms. The summed E-state index contributed by atoms with van der Waals surface area (Å²) < 4.78 is 0.638. The highest BCUT2D eigenvalue weighted by Crippen LogP contribution is 2.26. The number of carbonyl (C=O) groups is 2. The predicted octanol–water partition coefficient (Wildman–Crippen LogP) is 2.79. The highest BCUT2D eigenvalue weighted by Gasteiger charge is 2.19. The molecule has 1 heterocycles. The Balaban J connectivity index is 2.54. The van der Waals surface area contributed by atoms with Crippen LogP contribution < -0.4 is 10.6 Å². The second-order valence-corrected chi connectivity index (χ2v) is 5.64. The molecular formula is C12H15ClN2O3S. The highest BCUT2D eigenvalue weighted by molar-refractivity contribution is 7.16. The van der Waals surface area contributed by atoms with Gasteiger partial charge < -0.3 is 15.7 Å². The van der Waals surface area contributed by atoms with Gasteiger partial charge in [0.2, 0.25) is 0 Å². The van der Waals surface area contributed by atoms with Gasteiger partial charge >= 0.3 is 12.0 Å². The summed E-state index contributed by atoms with van der Waals surface area (Å²) in [4.78, 5) is 23.5. The SMILES string of the molecule is C=CCC(NC(=O)NC(C)c1ccc(Cl)s1)C(=O)O. The quantitative estimate of drug-likeness (QED) is 0.707. The van der Waals surface area contributed by atoms with E-state index in [1.54, 1.807) is 13.0 Å². The zero-order valence-corrected chi connectivity index (χ0v) is 11.9. The van der Waals surface area contributed by atoms with Crippen molar-refractivity contribution in [2.45, 2.75) is 25.4 Å². The van der Waals surface area contributed by atoms with E-state index in [1.807, 2.05) is 6.07 Å². The number of halogens is 1. The number of carboxylic acids is 1. The summed E-state index contributed by atoms with van der Waals surface area (Å²) in [6, 6.07) is 1.81. The number of amides is 2. The zero-order valence-electron chi connectivity index (χ0n) is 10.4. The Morgan fingerprint density at radius 1 is 1.53 bits per heavy atom. The molecule has 1 aromatic heterocycles. The van der Waals surface area contributed by atoms with Crippen molar-refractivity contribution in [3.05, 3.63) is 34.0 Å². The molecule has 0 saturated heterocycles. The van der Waals surface area contributed by atoms with Crippen LogP contribution in [0.2, 0.25) is 4.34 Å². The van der Waals surface area contributed by atoms with E-state index in [4.69, 9.17) is 16.7 Å². The van der Waals surface area contributed by atoms with Gasteiger partial charge in [-0.1, -0.05) is 17.7 Å². The van der Waals surface area contributed by atoms with E-state index >= 15 is 0 Å². The van der Waals surface area contributed by atoms with Crippen molar-refractivity contribution in [1.29, 1.82) is 0 Å². The van der Waals surface area contributed by atoms with Crippen LogP contribution in [-0.2, 0) is 4.79 Å². The maximum atomic E-state index is 11.7. The van der Waals surface area contributed by atoms with Crippen LogP contribution in [0.1, 0.15) is 24.3 Å². The van der Waals surface area contributed by atoms with Gasteiger partial charge in [0.15, 0.2) is 0 Å². The second kappa shape index (κ2) is 7.16. The zero-order chi connectivity index (χ0) is 14.4. The summed E-state index contributed by atoms with van der Waals surface area (Å²) in [6.07, 6.45) is 1.61. The van der Waals surface area contributed by atoms with E-state index < -0.39 is 18.0 Å². The van der Waals surface area contributed by atoms with Crippen LogP contribution in [0.4, 0.5) is 4.79 Å². The number of nitrogens with one attached hydrogen (secondary N) is 2. The molecule has 0 aromatic carbocycles. The van der Waals surface area contributed by atoms with Gasteiger partial charge in [-0.15, -0.1) is 17.9 Å². The molecule has 2 unspecified atom stereocenters. The van der Waals surface area contributed by atoms with Crippen LogP contribution in [0.3, 0.4) is 0 Å². The van der Waals surface area contributed by atoms with Crippen LogP contribution in [-0.4, -0.2) is 23.1 Å². The van der Waals surface area contributed by atoms with Crippen molar-refractivity contribution >= 4 is 34.9 Å². The normalized spacial score (nSPS) is 13.4. The number of hydrogen-bond donors (Lipinski definition) is 3. The second-order valence-electron chi connectivity index (χ2n) is 3.90. The third kappa shape index (κ3) is 4.92. The van der Waals surface area contributed by atoms with Crippen molar-refractivity contribution < 1.29 is 14.7 Å². The Hall–Kier alpha value is -1.53. The third-order valence-electron chi connectivity index (χ3n) is 2.37. The fraction of sp³-hybridized carbons (Fsp3) is 0.333. The number of carbonyl (C=O) groups excluding carboxylic acids is 1. The van der Waals surface area contributed by atoms with Gasteiger partial charge in [0.1, 0.15) is 6.04 Å². The highest BCUT2D eigenvalue weighted by atomic mass is 35.5. The number of carboxylic acid groups (broad SMARTS) is 1. The lowest BCUT2D eigenvalue weighted by molar-refractivity contribution is -0.139. The third-order valence-corrected chi connectivity index (χ3v) is 3.79. The summed E-state index contributed by atoms with van der Waals surface area (Å²) in [5.41, 5.74) is 0. The van der Waals surface area contributed by atoms with Crippen molar-refractivity contribution in [3.63, 3.8) is 0 Å². The summed E-state index contributed by atoms with van der Waals surface area (Å²) in [5.74, 6) is -1.10. The average molecular weight is 303 g/mol. The Morgan fingerprint density at radius 3 is 2.68 bits per heavy atom. The van der Waals surface area contributed by atoms with Gasteiger partial charge in [0.05, 0.1) is 10.4 Å². The van der Waals surface area contributed by atoms with Crippen molar-refractivity contribution in [3.8, 4) is 0 Å². The van der Waals surface area contributed by atoms with E-state index in [-0.39, 0.29) is 12.5 Å². The number of thiophene rings is 1. The summed E-state index contributed by atoms with van der Waals surface area (Å²) >= 11 is 7.17. The topological polar surface area (TPSA) is 78.4 Å². The Kier molecular flexibility index (Phi) is 5.85. The minimum absolute atomic E-state index is 0.169. The van der Waals surface area contributed by atoms with E-state index in [1.165, 1.54) is 17.4 Å². The molecule has 0 spiro atoms. The van der Waals surface area contributed by atoms with E-state index in [0.717, 1.165) is 4.88 Å². The first-order valence-electron chi connectivity index (χ1n) is 5.60. The van der Waals surface area contributed by atoms with E-state index in [9.17, 15) is 9.59 Å². The standard InChI is InChI=1S/C12H15ClN2O3S/c1-3-4-8(11(16)17)15-12(18)14-7(2)9-5-6-10(13)19-9/h3,5-8H,1,4H2,2H3,(H,16,17)(H2,14,15,18). The molecule has 5 nitrogen and oxygen atoms in total. The Morgan fingerprint density at radius 2 is 2.21 bits per heavy atom. The predicted molar refractivity (Wildman–Crippen MR) is 75.6 cm³/mol. The fourth-order valence-electron chi connectivity index (χ4n) is 1.42. The summed E-state index contributed by atoms with van der Waals surface area (Å²) in [6.45, 7) is 5.25. The van der Waals surface area contributed by atoms with Crippen molar-refractivity contribution in [2.75, 3.05) is 0 Å². The molecule has 2 atom stereocenters. The first-order valence-corrected chi connectivity index (χ1v) is 6.79. The minimum Gasteiger partial charge on any atom is -0.480 e. The molecule has 0 saturated carbocycles. The van der Waals surface area contributed by atoms with Crippen LogP contribution in [0.25, 0.3) is 0 Å². The van der Waals surface area contributed by atoms with Gasteiger partial charge in [-0.2, -0.15) is 0 Å². The first-order chi connectivity index (χ1) is 8.93. The van der Waals surface area contributed by atoms with Gasteiger partial charge in [0.25, 0.3) is 0 Å². The Labute approximate surface area is 120 Å². The molecule has 0 aliphatic carbocycles. The number of aliphatic carboxylic acids is 1. The molecule has 0 fully saturated rings. The van der Waals surface area contributed by atoms with Crippen molar-refractivity contribution in [1.82, 2.24) is 10.6 Å². The number of urea groups is 1. The molecule has 7 heteroatoms. The molecule has 2 amide bonds. The van der Waals surface area contributed by atoms with Crippen LogP contribution >= 0.6 is 22.9 Å². The van der Waals surface area contributed by atoms with Crippen LogP contribution in [0.5, 0.6) is 0 Å². The van der Waals surface area contributed by atoms with E-state index in [2.05, 4.69) is 17.2 Å². The van der Waals surface area contributed by atoms with Gasteiger partial charge in [-0.25, -0.2) is 9.59 Å². The van der Waals surface area contributed by atoms with Gasteiger partial charge in [0, 0.05) is 4.88 Å². The minimum atomic E-state index is -1.10. The monoisotopic (exact) mass is 302 g/mol. The average Bonchev–Trinajstić information content (AvgIpc) is 2.75. The molecule has 19 heavy (non-hydrogen) atoms. The molecule has 1 rings (SSSR count). The summed E-state index contributed by atoms with van der Waals surface area (Å²) in [7, 11) is 0. The molecule has 3 N–H and O–H groups in total. The summed E-state index contributed by atoms with van der Waals surface area (Å²) in [5, 5.41) is 13.9. The molecule has 0 aliphatic heterocycles. The molecule has 104 valence electrons. The fourth-order valence-corrected chi connectivity index (χ4v) is 2.48. The van der Waals surface area contributed by atoms with Crippen molar-refractivity contribution in [2.24, 2.45) is 0 Å². The van der Waals surface area contributed by atoms with Gasteiger partial charge in [-0.3, -0.25) is 0 Å². The number of rotatable bonds is 6. The molecular weight excluding hydrogens is 288 g/mol. The Bertz CT molecular complexity index is 475. The first kappa shape index (κ1) is 15.5. The molecule has 0 aliphatic rings. The lowest BCUT2D eigenvalue weighted by Gasteiger charge is -2.16. The molecule has 0 radical (unpaired) electrons. The lowest BCUT2D eigenvalue weighted by Crippen LogP contribution is -2.46.